The molecule has 0 saturated carbocycles. The van der Waals surface area contributed by atoms with E-state index in [9.17, 15) is 9.18 Å². The van der Waals surface area contributed by atoms with Crippen LogP contribution in [0.3, 0.4) is 0 Å². The Balaban J connectivity index is 2.64. The van der Waals surface area contributed by atoms with Gasteiger partial charge < -0.3 is 10.5 Å². The van der Waals surface area contributed by atoms with Gasteiger partial charge in [-0.15, -0.1) is 0 Å². The molecule has 0 heterocycles. The highest BCUT2D eigenvalue weighted by molar-refractivity contribution is 5.86. The minimum absolute atomic E-state index is 0.0873. The third-order valence-corrected chi connectivity index (χ3v) is 2.72. The van der Waals surface area contributed by atoms with Gasteiger partial charge in [-0.3, -0.25) is 4.79 Å². The topological polar surface area (TPSA) is 52.3 Å². The van der Waals surface area contributed by atoms with E-state index in [2.05, 4.69) is 0 Å². The number of benzene rings is 1. The van der Waals surface area contributed by atoms with Crippen molar-refractivity contribution in [1.29, 1.82) is 0 Å². The number of halogens is 1. The van der Waals surface area contributed by atoms with Crippen LogP contribution in [0.25, 0.3) is 0 Å². The Kier molecular flexibility index (Phi) is 5.25. The summed E-state index contributed by atoms with van der Waals surface area (Å²) in [4.78, 5) is 11.8. The van der Waals surface area contributed by atoms with Gasteiger partial charge in [-0.1, -0.05) is 6.07 Å². The summed E-state index contributed by atoms with van der Waals surface area (Å²) in [5.74, 6) is -0.417. The zero-order valence-electron chi connectivity index (χ0n) is 10.2. The van der Waals surface area contributed by atoms with Crippen molar-refractivity contribution < 1.29 is 13.9 Å². The lowest BCUT2D eigenvalue weighted by Crippen LogP contribution is -2.33. The fraction of sp³-hybridized carbons (Fsp3) is 0.462. The first-order chi connectivity index (χ1) is 8.04. The van der Waals surface area contributed by atoms with Crippen molar-refractivity contribution in [3.63, 3.8) is 0 Å². The first kappa shape index (κ1) is 13.8. The summed E-state index contributed by atoms with van der Waals surface area (Å²) >= 11 is 0. The number of Topliss-reactive ketones (excluding diaryl/α,β-unsaturated/α-hetero) is 1. The number of carbonyl (C=O) groups excluding carboxylic acids is 1. The predicted octanol–water partition coefficient (Wildman–Crippen LogP) is 1.61. The third-order valence-electron chi connectivity index (χ3n) is 2.72. The van der Waals surface area contributed by atoms with E-state index in [1.165, 1.54) is 12.1 Å². The maximum absolute atomic E-state index is 13.0. The highest BCUT2D eigenvalue weighted by atomic mass is 19.1. The van der Waals surface area contributed by atoms with Crippen LogP contribution in [0.15, 0.2) is 18.2 Å². The molecule has 17 heavy (non-hydrogen) atoms. The van der Waals surface area contributed by atoms with Gasteiger partial charge in [-0.25, -0.2) is 4.39 Å². The van der Waals surface area contributed by atoms with E-state index in [1.54, 1.807) is 13.2 Å². The van der Waals surface area contributed by atoms with E-state index < -0.39 is 6.04 Å². The summed E-state index contributed by atoms with van der Waals surface area (Å²) in [6.45, 7) is 2.30. The van der Waals surface area contributed by atoms with E-state index in [1.807, 2.05) is 6.92 Å². The van der Waals surface area contributed by atoms with Crippen LogP contribution in [-0.4, -0.2) is 25.5 Å². The zero-order chi connectivity index (χ0) is 12.8. The van der Waals surface area contributed by atoms with Gasteiger partial charge in [0, 0.05) is 20.1 Å². The molecule has 2 N–H and O–H groups in total. The summed E-state index contributed by atoms with van der Waals surface area (Å²) < 4.78 is 17.9. The Morgan fingerprint density at radius 3 is 2.88 bits per heavy atom. The zero-order valence-corrected chi connectivity index (χ0v) is 10.2. The van der Waals surface area contributed by atoms with Gasteiger partial charge in [-0.2, -0.15) is 0 Å². The first-order valence-electron chi connectivity index (χ1n) is 5.57. The fourth-order valence-electron chi connectivity index (χ4n) is 1.56. The lowest BCUT2D eigenvalue weighted by Gasteiger charge is -2.11. The molecule has 0 amide bonds. The van der Waals surface area contributed by atoms with Gasteiger partial charge >= 0.3 is 0 Å². The standard InChI is InChI=1S/C13H18FNO2/c1-9-3-4-11(14)7-10(9)8-13(16)12(15)5-6-17-2/h3-4,7,12H,5-6,8,15H2,1-2H3. The average Bonchev–Trinajstić information content (AvgIpc) is 2.30. The maximum Gasteiger partial charge on any atom is 0.153 e. The average molecular weight is 239 g/mol. The second kappa shape index (κ2) is 6.47. The van der Waals surface area contributed by atoms with Crippen LogP contribution in [-0.2, 0) is 16.0 Å². The molecule has 4 heteroatoms. The van der Waals surface area contributed by atoms with Gasteiger partial charge in [0.15, 0.2) is 5.78 Å². The van der Waals surface area contributed by atoms with Crippen LogP contribution in [0, 0.1) is 12.7 Å². The molecule has 0 aliphatic heterocycles. The van der Waals surface area contributed by atoms with Crippen molar-refractivity contribution in [2.75, 3.05) is 13.7 Å². The Labute approximate surface area is 101 Å². The molecule has 3 nitrogen and oxygen atoms in total. The predicted molar refractivity (Wildman–Crippen MR) is 64.3 cm³/mol. The number of rotatable bonds is 6. The number of nitrogens with two attached hydrogens (primary N) is 1. The van der Waals surface area contributed by atoms with Crippen molar-refractivity contribution in [3.8, 4) is 0 Å². The maximum atomic E-state index is 13.0. The summed E-state index contributed by atoms with van der Waals surface area (Å²) in [7, 11) is 1.56. The van der Waals surface area contributed by atoms with Crippen molar-refractivity contribution in [3.05, 3.63) is 35.1 Å². The molecule has 0 spiro atoms. The fourth-order valence-corrected chi connectivity index (χ4v) is 1.56. The van der Waals surface area contributed by atoms with Crippen LogP contribution >= 0.6 is 0 Å². The molecule has 0 saturated heterocycles. The summed E-state index contributed by atoms with van der Waals surface area (Å²) in [6, 6.07) is 3.89. The molecule has 0 aromatic heterocycles. The van der Waals surface area contributed by atoms with E-state index in [-0.39, 0.29) is 18.0 Å². The number of carbonyl (C=O) groups is 1. The molecule has 1 aromatic carbocycles. The van der Waals surface area contributed by atoms with Crippen LogP contribution in [0.4, 0.5) is 4.39 Å². The molecular weight excluding hydrogens is 221 g/mol. The summed E-state index contributed by atoms with van der Waals surface area (Å²) in [5, 5.41) is 0. The smallest absolute Gasteiger partial charge is 0.153 e. The van der Waals surface area contributed by atoms with E-state index in [0.717, 1.165) is 5.56 Å². The number of hydrogen-bond acceptors (Lipinski definition) is 3. The second-order valence-corrected chi connectivity index (χ2v) is 4.10. The number of methoxy groups -OCH3 is 1. The molecule has 1 atom stereocenters. The lowest BCUT2D eigenvalue weighted by atomic mass is 9.99. The summed E-state index contributed by atoms with van der Waals surface area (Å²) in [5.41, 5.74) is 7.31. The van der Waals surface area contributed by atoms with E-state index in [0.29, 0.717) is 18.6 Å². The van der Waals surface area contributed by atoms with Crippen molar-refractivity contribution in [2.45, 2.75) is 25.8 Å². The van der Waals surface area contributed by atoms with Crippen LogP contribution in [0.5, 0.6) is 0 Å². The van der Waals surface area contributed by atoms with Gasteiger partial charge in [0.2, 0.25) is 0 Å². The summed E-state index contributed by atoms with van der Waals surface area (Å²) in [6.07, 6.45) is 0.665. The highest BCUT2D eigenvalue weighted by Crippen LogP contribution is 2.12. The largest absolute Gasteiger partial charge is 0.385 e. The van der Waals surface area contributed by atoms with Gasteiger partial charge in [0.1, 0.15) is 5.82 Å². The molecule has 0 radical (unpaired) electrons. The van der Waals surface area contributed by atoms with Crippen LogP contribution in [0.1, 0.15) is 17.5 Å². The second-order valence-electron chi connectivity index (χ2n) is 4.10. The minimum Gasteiger partial charge on any atom is -0.385 e. The Morgan fingerprint density at radius 2 is 2.24 bits per heavy atom. The van der Waals surface area contributed by atoms with Gasteiger partial charge in [0.25, 0.3) is 0 Å². The molecule has 1 aromatic rings. The van der Waals surface area contributed by atoms with Crippen molar-refractivity contribution in [2.24, 2.45) is 5.73 Å². The quantitative estimate of drug-likeness (QED) is 0.820. The SMILES string of the molecule is COCCC(N)C(=O)Cc1cc(F)ccc1C. The molecule has 94 valence electrons. The number of ketones is 1. The molecule has 0 bridgehead atoms. The van der Waals surface area contributed by atoms with E-state index in [4.69, 9.17) is 10.5 Å². The Hall–Kier alpha value is -1.26. The molecule has 0 aliphatic rings. The van der Waals surface area contributed by atoms with Gasteiger partial charge in [0.05, 0.1) is 6.04 Å². The lowest BCUT2D eigenvalue weighted by molar-refractivity contribution is -0.120. The molecular formula is C13H18FNO2. The monoisotopic (exact) mass is 239 g/mol. The normalized spacial score (nSPS) is 12.5. The first-order valence-corrected chi connectivity index (χ1v) is 5.57. The Morgan fingerprint density at radius 1 is 1.53 bits per heavy atom. The molecule has 0 aliphatic carbocycles. The van der Waals surface area contributed by atoms with Crippen molar-refractivity contribution >= 4 is 5.78 Å². The number of hydrogen-bond donors (Lipinski definition) is 1. The highest BCUT2D eigenvalue weighted by Gasteiger charge is 2.15. The van der Waals surface area contributed by atoms with Gasteiger partial charge in [-0.05, 0) is 36.6 Å². The van der Waals surface area contributed by atoms with Crippen LogP contribution in [0.2, 0.25) is 0 Å². The number of aryl methyl sites for hydroxylation is 1. The molecule has 0 fully saturated rings. The minimum atomic E-state index is -0.544. The Bertz CT molecular complexity index is 393. The third kappa shape index (κ3) is 4.24. The number of ether oxygens (including phenoxy) is 1. The van der Waals surface area contributed by atoms with Crippen LogP contribution < -0.4 is 5.73 Å². The molecule has 1 rings (SSSR count). The van der Waals surface area contributed by atoms with Crippen molar-refractivity contribution in [1.82, 2.24) is 0 Å². The molecule has 1 unspecified atom stereocenters. The van der Waals surface area contributed by atoms with E-state index >= 15 is 0 Å².